The van der Waals surface area contributed by atoms with Gasteiger partial charge in [-0.05, 0) is 59.9 Å². The van der Waals surface area contributed by atoms with Crippen molar-refractivity contribution in [3.63, 3.8) is 0 Å². The number of sulfonamides is 1. The Hall–Kier alpha value is -3.94. The minimum atomic E-state index is -4.08. The highest BCUT2D eigenvalue weighted by Crippen LogP contribution is 2.21. The molecular weight excluding hydrogens is 480 g/mol. The summed E-state index contributed by atoms with van der Waals surface area (Å²) in [5, 5.41) is 22.4. The van der Waals surface area contributed by atoms with Crippen LogP contribution >= 0.6 is 0 Å². The van der Waals surface area contributed by atoms with Crippen molar-refractivity contribution in [2.75, 3.05) is 13.1 Å². The van der Waals surface area contributed by atoms with E-state index in [0.717, 1.165) is 10.8 Å². The molecule has 3 aromatic rings. The molecule has 0 bridgehead atoms. The van der Waals surface area contributed by atoms with Gasteiger partial charge < -0.3 is 15.3 Å². The van der Waals surface area contributed by atoms with Crippen LogP contribution in [0.4, 0.5) is 4.79 Å². The highest BCUT2D eigenvalue weighted by Gasteiger charge is 2.33. The predicted molar refractivity (Wildman–Crippen MR) is 134 cm³/mol. The molecule has 0 radical (unpaired) electrons. The molecule has 0 saturated carbocycles. The van der Waals surface area contributed by atoms with Crippen molar-refractivity contribution < 1.29 is 23.1 Å². The third-order valence-electron chi connectivity index (χ3n) is 6.18. The number of rotatable bonds is 7. The van der Waals surface area contributed by atoms with Gasteiger partial charge in [0.05, 0.1) is 16.5 Å². The molecule has 1 fully saturated rings. The van der Waals surface area contributed by atoms with Gasteiger partial charge in [0.2, 0.25) is 15.9 Å². The van der Waals surface area contributed by atoms with Gasteiger partial charge in [0.1, 0.15) is 6.04 Å². The SMILES string of the molecule is N#Cc1cccc(CC(NS(=O)(=O)c2ccc3ccccc3c2)C(=O)N2CCCC(NC(=O)O)C2)c1. The topological polar surface area (TPSA) is 140 Å². The van der Waals surface area contributed by atoms with Crippen LogP contribution in [0.25, 0.3) is 10.8 Å². The van der Waals surface area contributed by atoms with Crippen LogP contribution in [0.5, 0.6) is 0 Å². The first-order valence-electron chi connectivity index (χ1n) is 11.5. The van der Waals surface area contributed by atoms with E-state index in [9.17, 15) is 23.3 Å². The maximum absolute atomic E-state index is 13.6. The van der Waals surface area contributed by atoms with Gasteiger partial charge in [-0.1, -0.05) is 42.5 Å². The number of carboxylic acid groups (broad SMARTS) is 1. The highest BCUT2D eigenvalue weighted by atomic mass is 32.2. The maximum atomic E-state index is 13.6. The number of nitrogens with zero attached hydrogens (tertiary/aromatic N) is 2. The molecular formula is C26H26N4O5S. The van der Waals surface area contributed by atoms with Crippen molar-refractivity contribution in [1.29, 1.82) is 5.26 Å². The fourth-order valence-corrected chi connectivity index (χ4v) is 5.69. The number of carbonyl (C=O) groups excluding carboxylic acids is 1. The van der Waals surface area contributed by atoms with Crippen LogP contribution in [0.2, 0.25) is 0 Å². The Bertz CT molecular complexity index is 1430. The van der Waals surface area contributed by atoms with Crippen LogP contribution < -0.4 is 10.0 Å². The Morgan fingerprint density at radius 1 is 1.08 bits per heavy atom. The molecule has 1 aliphatic heterocycles. The first-order valence-corrected chi connectivity index (χ1v) is 13.0. The van der Waals surface area contributed by atoms with Crippen LogP contribution in [0, 0.1) is 11.3 Å². The zero-order valence-corrected chi connectivity index (χ0v) is 20.2. The zero-order valence-electron chi connectivity index (χ0n) is 19.4. The zero-order chi connectivity index (χ0) is 25.7. The van der Waals surface area contributed by atoms with Crippen LogP contribution in [-0.4, -0.2) is 55.6 Å². The number of nitriles is 1. The number of piperidine rings is 1. The number of benzene rings is 3. The van der Waals surface area contributed by atoms with Crippen molar-refractivity contribution in [2.24, 2.45) is 0 Å². The van der Waals surface area contributed by atoms with E-state index in [-0.39, 0.29) is 17.9 Å². The third-order valence-corrected chi connectivity index (χ3v) is 7.65. The Morgan fingerprint density at radius 3 is 2.61 bits per heavy atom. The molecule has 4 rings (SSSR count). The molecule has 2 atom stereocenters. The summed E-state index contributed by atoms with van der Waals surface area (Å²) in [4.78, 5) is 26.2. The molecule has 3 N–H and O–H groups in total. The number of hydrogen-bond acceptors (Lipinski definition) is 5. The fourth-order valence-electron chi connectivity index (χ4n) is 4.46. The summed E-state index contributed by atoms with van der Waals surface area (Å²) in [5.41, 5.74) is 1.03. The molecule has 186 valence electrons. The van der Waals surface area contributed by atoms with Crippen molar-refractivity contribution in [1.82, 2.24) is 14.9 Å². The number of carbonyl (C=O) groups is 2. The van der Waals surface area contributed by atoms with E-state index in [1.165, 1.54) is 11.0 Å². The van der Waals surface area contributed by atoms with Gasteiger partial charge in [0.25, 0.3) is 0 Å². The summed E-state index contributed by atoms with van der Waals surface area (Å²) in [6, 6.07) is 19.3. The third kappa shape index (κ3) is 6.00. The lowest BCUT2D eigenvalue weighted by atomic mass is 10.0. The second kappa shape index (κ2) is 10.8. The van der Waals surface area contributed by atoms with Crippen LogP contribution in [0.3, 0.4) is 0 Å². The largest absolute Gasteiger partial charge is 0.465 e. The van der Waals surface area contributed by atoms with Gasteiger partial charge in [-0.15, -0.1) is 0 Å². The molecule has 0 aromatic heterocycles. The number of likely N-dealkylation sites (tertiary alicyclic amines) is 1. The summed E-state index contributed by atoms with van der Waals surface area (Å²) in [7, 11) is -4.08. The standard InChI is InChI=1S/C26H26N4O5S/c27-16-19-6-3-5-18(13-19)14-24(25(31)30-12-4-9-22(17-30)28-26(32)33)29-36(34,35)23-11-10-20-7-1-2-8-21(20)15-23/h1-3,5-8,10-11,13,15,22,24,28-29H,4,9,12,14,17H2,(H,32,33). The number of nitrogens with one attached hydrogen (secondary N) is 2. The Morgan fingerprint density at radius 2 is 1.86 bits per heavy atom. The van der Waals surface area contributed by atoms with Gasteiger partial charge in [0.15, 0.2) is 0 Å². The van der Waals surface area contributed by atoms with E-state index in [4.69, 9.17) is 5.11 Å². The van der Waals surface area contributed by atoms with E-state index < -0.39 is 34.1 Å². The fraction of sp³-hybridized carbons (Fsp3) is 0.269. The van der Waals surface area contributed by atoms with Crippen LogP contribution in [0.1, 0.15) is 24.0 Å². The van der Waals surface area contributed by atoms with Crippen molar-refractivity contribution in [3.8, 4) is 6.07 Å². The summed E-state index contributed by atoms with van der Waals surface area (Å²) in [6.45, 7) is 0.542. The molecule has 3 aromatic carbocycles. The normalized spacial score (nSPS) is 16.8. The van der Waals surface area contributed by atoms with E-state index in [1.807, 2.05) is 24.3 Å². The van der Waals surface area contributed by atoms with Gasteiger partial charge in [-0.25, -0.2) is 13.2 Å². The lowest BCUT2D eigenvalue weighted by Gasteiger charge is -2.35. The highest BCUT2D eigenvalue weighted by molar-refractivity contribution is 7.89. The van der Waals surface area contributed by atoms with Gasteiger partial charge in [-0.2, -0.15) is 9.98 Å². The number of fused-ring (bicyclic) bond motifs is 1. The molecule has 1 saturated heterocycles. The van der Waals surface area contributed by atoms with Gasteiger partial charge in [0, 0.05) is 19.1 Å². The first kappa shape index (κ1) is 25.2. The molecule has 1 aliphatic rings. The minimum Gasteiger partial charge on any atom is -0.465 e. The molecule has 1 heterocycles. The van der Waals surface area contributed by atoms with E-state index in [2.05, 4.69) is 16.1 Å². The van der Waals surface area contributed by atoms with Gasteiger partial charge >= 0.3 is 6.09 Å². The summed E-state index contributed by atoms with van der Waals surface area (Å²) < 4.78 is 29.3. The van der Waals surface area contributed by atoms with E-state index >= 15 is 0 Å². The average Bonchev–Trinajstić information content (AvgIpc) is 2.87. The van der Waals surface area contributed by atoms with E-state index in [0.29, 0.717) is 30.5 Å². The quantitative estimate of drug-likeness (QED) is 0.450. The molecule has 36 heavy (non-hydrogen) atoms. The lowest BCUT2D eigenvalue weighted by Crippen LogP contribution is -2.55. The Labute approximate surface area is 209 Å². The monoisotopic (exact) mass is 506 g/mol. The predicted octanol–water partition coefficient (Wildman–Crippen LogP) is 2.86. The molecule has 9 nitrogen and oxygen atoms in total. The van der Waals surface area contributed by atoms with Crippen LogP contribution in [-0.2, 0) is 21.2 Å². The van der Waals surface area contributed by atoms with E-state index in [1.54, 1.807) is 36.4 Å². The van der Waals surface area contributed by atoms with Gasteiger partial charge in [-0.3, -0.25) is 4.79 Å². The average molecular weight is 507 g/mol. The summed E-state index contributed by atoms with van der Waals surface area (Å²) in [5.74, 6) is -0.446. The first-order chi connectivity index (χ1) is 17.2. The van der Waals surface area contributed by atoms with Crippen molar-refractivity contribution in [2.45, 2.75) is 36.2 Å². The van der Waals surface area contributed by atoms with Crippen molar-refractivity contribution in [3.05, 3.63) is 77.9 Å². The lowest BCUT2D eigenvalue weighted by molar-refractivity contribution is -0.134. The molecule has 0 aliphatic carbocycles. The van der Waals surface area contributed by atoms with Crippen LogP contribution in [0.15, 0.2) is 71.6 Å². The second-order valence-corrected chi connectivity index (χ2v) is 10.5. The Balaban J connectivity index is 1.63. The molecule has 2 amide bonds. The maximum Gasteiger partial charge on any atom is 0.404 e. The summed E-state index contributed by atoms with van der Waals surface area (Å²) >= 11 is 0. The summed E-state index contributed by atoms with van der Waals surface area (Å²) in [6.07, 6.45) is 0.0453. The molecule has 10 heteroatoms. The number of amides is 2. The molecule has 2 unspecified atom stereocenters. The second-order valence-electron chi connectivity index (χ2n) is 8.77. The molecule has 0 spiro atoms. The number of hydrogen-bond donors (Lipinski definition) is 3. The smallest absolute Gasteiger partial charge is 0.404 e. The minimum absolute atomic E-state index is 0.0360. The van der Waals surface area contributed by atoms with Crippen molar-refractivity contribution >= 4 is 32.8 Å². The Kier molecular flexibility index (Phi) is 7.52.